The van der Waals surface area contributed by atoms with Gasteiger partial charge >= 0.3 is 5.97 Å². The molecule has 0 fully saturated rings. The Labute approximate surface area is 136 Å². The minimum atomic E-state index is -0.982. The van der Waals surface area contributed by atoms with E-state index in [0.29, 0.717) is 17.3 Å². The summed E-state index contributed by atoms with van der Waals surface area (Å²) in [5, 5.41) is 19.0. The lowest BCUT2D eigenvalue weighted by Gasteiger charge is -2.16. The van der Waals surface area contributed by atoms with Gasteiger partial charge in [-0.3, -0.25) is 0 Å². The lowest BCUT2D eigenvalue weighted by atomic mass is 10.2. The smallest absolute Gasteiger partial charge is 0.336 e. The number of aliphatic hydroxyl groups is 1. The van der Waals surface area contributed by atoms with E-state index in [-0.39, 0.29) is 18.3 Å². The molecule has 21 heavy (non-hydrogen) atoms. The maximum absolute atomic E-state index is 11.1. The molecule has 2 atom stereocenters. The highest BCUT2D eigenvalue weighted by atomic mass is 79.9. The van der Waals surface area contributed by atoms with Crippen molar-refractivity contribution in [3.05, 3.63) is 28.2 Å². The van der Waals surface area contributed by atoms with Gasteiger partial charge in [-0.25, -0.2) is 4.79 Å². The standard InChI is InChI=1S/C14H19BrO5S/c1-9(6-19-2)20-7-11(16)8-21-13-5-10(15)3-4-12(13)14(17)18/h3-5,9,11,16H,6-8H2,1-2H3,(H,17,18). The number of carboxylic acid groups (broad SMARTS) is 1. The summed E-state index contributed by atoms with van der Waals surface area (Å²) < 4.78 is 11.2. The van der Waals surface area contributed by atoms with E-state index in [1.54, 1.807) is 19.2 Å². The van der Waals surface area contributed by atoms with E-state index in [9.17, 15) is 9.90 Å². The van der Waals surface area contributed by atoms with Gasteiger partial charge in [0.1, 0.15) is 0 Å². The zero-order chi connectivity index (χ0) is 15.8. The van der Waals surface area contributed by atoms with Gasteiger partial charge in [-0.05, 0) is 25.1 Å². The van der Waals surface area contributed by atoms with E-state index in [0.717, 1.165) is 4.47 Å². The van der Waals surface area contributed by atoms with Crippen LogP contribution in [0.4, 0.5) is 0 Å². The number of benzene rings is 1. The van der Waals surface area contributed by atoms with Gasteiger partial charge in [-0.1, -0.05) is 15.9 Å². The average Bonchev–Trinajstić information content (AvgIpc) is 2.43. The maximum Gasteiger partial charge on any atom is 0.336 e. The van der Waals surface area contributed by atoms with Crippen LogP contribution in [-0.2, 0) is 9.47 Å². The predicted octanol–water partition coefficient (Wildman–Crippen LogP) is 2.65. The van der Waals surface area contributed by atoms with Crippen molar-refractivity contribution in [3.8, 4) is 0 Å². The number of hydrogen-bond donors (Lipinski definition) is 2. The van der Waals surface area contributed by atoms with Crippen molar-refractivity contribution < 1.29 is 24.5 Å². The van der Waals surface area contributed by atoms with Gasteiger partial charge in [0.15, 0.2) is 0 Å². The van der Waals surface area contributed by atoms with E-state index >= 15 is 0 Å². The first kappa shape index (κ1) is 18.4. The second-order valence-corrected chi connectivity index (χ2v) is 6.49. The zero-order valence-corrected chi connectivity index (χ0v) is 14.3. The monoisotopic (exact) mass is 378 g/mol. The van der Waals surface area contributed by atoms with Crippen LogP contribution in [0.2, 0.25) is 0 Å². The normalized spacial score (nSPS) is 13.9. The molecule has 2 N–H and O–H groups in total. The molecule has 0 aromatic heterocycles. The van der Waals surface area contributed by atoms with Crippen LogP contribution in [0.25, 0.3) is 0 Å². The minimum Gasteiger partial charge on any atom is -0.478 e. The quantitative estimate of drug-likeness (QED) is 0.643. The minimum absolute atomic E-state index is 0.0879. The summed E-state index contributed by atoms with van der Waals surface area (Å²) in [6.45, 7) is 2.52. The molecule has 0 amide bonds. The third-order valence-corrected chi connectivity index (χ3v) is 4.27. The number of ether oxygens (including phenoxy) is 2. The third-order valence-electron chi connectivity index (χ3n) is 2.58. The summed E-state index contributed by atoms with van der Waals surface area (Å²) in [6.07, 6.45) is -0.759. The van der Waals surface area contributed by atoms with Gasteiger partial charge in [0.05, 0.1) is 31.0 Å². The molecule has 1 aromatic carbocycles. The second kappa shape index (κ2) is 9.42. The number of methoxy groups -OCH3 is 1. The fourth-order valence-electron chi connectivity index (χ4n) is 1.58. The molecule has 0 aliphatic heterocycles. The lowest BCUT2D eigenvalue weighted by molar-refractivity contribution is -0.0257. The number of carboxylic acids is 1. The highest BCUT2D eigenvalue weighted by Crippen LogP contribution is 2.27. The summed E-state index contributed by atoms with van der Waals surface area (Å²) in [5.41, 5.74) is 0.226. The molecule has 118 valence electrons. The van der Waals surface area contributed by atoms with E-state index in [1.165, 1.54) is 17.8 Å². The van der Waals surface area contributed by atoms with Crippen molar-refractivity contribution in [3.63, 3.8) is 0 Å². The van der Waals surface area contributed by atoms with Crippen molar-refractivity contribution in [2.24, 2.45) is 0 Å². The third kappa shape index (κ3) is 6.80. The number of rotatable bonds is 9. The molecular formula is C14H19BrO5S. The van der Waals surface area contributed by atoms with Crippen LogP contribution < -0.4 is 0 Å². The summed E-state index contributed by atoms with van der Waals surface area (Å²) in [6, 6.07) is 4.95. The molecule has 1 aromatic rings. The van der Waals surface area contributed by atoms with Crippen LogP contribution in [-0.4, -0.2) is 54.5 Å². The van der Waals surface area contributed by atoms with Crippen LogP contribution in [0.5, 0.6) is 0 Å². The van der Waals surface area contributed by atoms with Crippen LogP contribution in [0, 0.1) is 0 Å². The Morgan fingerprint density at radius 1 is 1.43 bits per heavy atom. The van der Waals surface area contributed by atoms with E-state index in [1.807, 2.05) is 6.92 Å². The second-order valence-electron chi connectivity index (χ2n) is 4.51. The number of aromatic carboxylic acids is 1. The molecule has 0 aliphatic rings. The Hall–Kier alpha value is -0.600. The first-order chi connectivity index (χ1) is 9.93. The van der Waals surface area contributed by atoms with Gasteiger partial charge in [-0.15, -0.1) is 11.8 Å². The average molecular weight is 379 g/mol. The first-order valence-electron chi connectivity index (χ1n) is 6.38. The van der Waals surface area contributed by atoms with Crippen molar-refractivity contribution >= 4 is 33.7 Å². The molecule has 0 heterocycles. The number of halogens is 1. The Balaban J connectivity index is 2.51. The Morgan fingerprint density at radius 3 is 2.76 bits per heavy atom. The van der Waals surface area contributed by atoms with Gasteiger partial charge in [0.2, 0.25) is 0 Å². The fourth-order valence-corrected chi connectivity index (χ4v) is 3.09. The van der Waals surface area contributed by atoms with Crippen LogP contribution in [0.1, 0.15) is 17.3 Å². The van der Waals surface area contributed by atoms with Gasteiger partial charge < -0.3 is 19.7 Å². The van der Waals surface area contributed by atoms with E-state index in [2.05, 4.69) is 15.9 Å². The summed E-state index contributed by atoms with van der Waals surface area (Å²) in [5.74, 6) is -0.624. The van der Waals surface area contributed by atoms with Gasteiger partial charge in [0.25, 0.3) is 0 Å². The predicted molar refractivity (Wildman–Crippen MR) is 85.1 cm³/mol. The molecule has 0 radical (unpaired) electrons. The number of hydrogen-bond acceptors (Lipinski definition) is 5. The maximum atomic E-state index is 11.1. The molecule has 0 saturated heterocycles. The summed E-state index contributed by atoms with van der Waals surface area (Å²) in [4.78, 5) is 11.7. The van der Waals surface area contributed by atoms with Crippen LogP contribution >= 0.6 is 27.7 Å². The molecular weight excluding hydrogens is 360 g/mol. The van der Waals surface area contributed by atoms with Crippen molar-refractivity contribution in [2.45, 2.75) is 24.0 Å². The molecule has 0 bridgehead atoms. The summed E-state index contributed by atoms with van der Waals surface area (Å²) >= 11 is 4.60. The van der Waals surface area contributed by atoms with Crippen molar-refractivity contribution in [1.82, 2.24) is 0 Å². The largest absolute Gasteiger partial charge is 0.478 e. The highest BCUT2D eigenvalue weighted by molar-refractivity contribution is 9.10. The number of aliphatic hydroxyl groups excluding tert-OH is 1. The Morgan fingerprint density at radius 2 is 2.14 bits per heavy atom. The highest BCUT2D eigenvalue weighted by Gasteiger charge is 2.14. The van der Waals surface area contributed by atoms with Gasteiger partial charge in [0, 0.05) is 22.2 Å². The molecule has 1 rings (SSSR count). The zero-order valence-electron chi connectivity index (χ0n) is 11.9. The number of thioether (sulfide) groups is 1. The molecule has 7 heteroatoms. The summed E-state index contributed by atoms with van der Waals surface area (Å²) in [7, 11) is 1.59. The number of carbonyl (C=O) groups is 1. The van der Waals surface area contributed by atoms with Crippen LogP contribution in [0.15, 0.2) is 27.6 Å². The van der Waals surface area contributed by atoms with Gasteiger partial charge in [-0.2, -0.15) is 0 Å². The van der Waals surface area contributed by atoms with E-state index < -0.39 is 12.1 Å². The lowest BCUT2D eigenvalue weighted by Crippen LogP contribution is -2.24. The van der Waals surface area contributed by atoms with E-state index in [4.69, 9.17) is 14.6 Å². The molecule has 0 spiro atoms. The topological polar surface area (TPSA) is 76.0 Å². The van der Waals surface area contributed by atoms with Crippen molar-refractivity contribution in [1.29, 1.82) is 0 Å². The van der Waals surface area contributed by atoms with Crippen LogP contribution in [0.3, 0.4) is 0 Å². The molecule has 0 saturated carbocycles. The molecule has 0 aliphatic carbocycles. The Bertz CT molecular complexity index is 469. The molecule has 2 unspecified atom stereocenters. The fraction of sp³-hybridized carbons (Fsp3) is 0.500. The SMILES string of the molecule is COCC(C)OCC(O)CSc1cc(Br)ccc1C(=O)O. The molecule has 5 nitrogen and oxygen atoms in total. The first-order valence-corrected chi connectivity index (χ1v) is 8.16. The van der Waals surface area contributed by atoms with Crippen molar-refractivity contribution in [2.75, 3.05) is 26.1 Å². The Kier molecular flexibility index (Phi) is 8.28.